The van der Waals surface area contributed by atoms with Crippen LogP contribution in [0.4, 0.5) is 24.7 Å². The number of hydrogen-bond acceptors (Lipinski definition) is 5. The summed E-state index contributed by atoms with van der Waals surface area (Å²) in [5.41, 5.74) is 5.88. The fourth-order valence-electron chi connectivity index (χ4n) is 1.33. The summed E-state index contributed by atoms with van der Waals surface area (Å²) in [6, 6.07) is 0. The fourth-order valence-corrected chi connectivity index (χ4v) is 1.33. The van der Waals surface area contributed by atoms with Crippen molar-refractivity contribution in [2.45, 2.75) is 19.5 Å². The van der Waals surface area contributed by atoms with Gasteiger partial charge < -0.3 is 15.4 Å². The molecule has 0 aliphatic heterocycles. The molecule has 0 amide bonds. The second-order valence-electron chi connectivity index (χ2n) is 3.64. The molecule has 2 N–H and O–H groups in total. The summed E-state index contributed by atoms with van der Waals surface area (Å²) in [5.74, 6) is 0.416. The summed E-state index contributed by atoms with van der Waals surface area (Å²) in [4.78, 5) is 9.00. The first-order chi connectivity index (χ1) is 8.35. The summed E-state index contributed by atoms with van der Waals surface area (Å²) in [7, 11) is 1.49. The largest absolute Gasteiger partial charge is 0.476 e. The van der Waals surface area contributed by atoms with Crippen LogP contribution in [0, 0.1) is 0 Å². The maximum absolute atomic E-state index is 12.1. The van der Waals surface area contributed by atoms with Crippen LogP contribution in [0.15, 0.2) is 6.33 Å². The molecule has 0 radical (unpaired) electrons. The van der Waals surface area contributed by atoms with Crippen LogP contribution in [0.25, 0.3) is 0 Å². The van der Waals surface area contributed by atoms with E-state index in [1.54, 1.807) is 6.92 Å². The maximum Gasteiger partial charge on any atom is 0.390 e. The lowest BCUT2D eigenvalue weighted by atomic mass is 10.3. The molecule has 0 aliphatic rings. The molecule has 18 heavy (non-hydrogen) atoms. The molecule has 0 saturated heterocycles. The van der Waals surface area contributed by atoms with Crippen molar-refractivity contribution in [3.63, 3.8) is 0 Å². The van der Waals surface area contributed by atoms with Crippen LogP contribution in [0.1, 0.15) is 13.3 Å². The summed E-state index contributed by atoms with van der Waals surface area (Å²) in [6.07, 6.45) is -3.93. The molecule has 0 atom stereocenters. The molecule has 0 aromatic carbocycles. The summed E-state index contributed by atoms with van der Waals surface area (Å²) in [6.45, 7) is 1.90. The molecule has 8 heteroatoms. The van der Waals surface area contributed by atoms with Crippen LogP contribution >= 0.6 is 0 Å². The van der Waals surface area contributed by atoms with Crippen LogP contribution in [-0.2, 0) is 0 Å². The van der Waals surface area contributed by atoms with Gasteiger partial charge >= 0.3 is 6.18 Å². The number of nitrogens with two attached hydrogens (primary N) is 1. The van der Waals surface area contributed by atoms with Gasteiger partial charge in [0.15, 0.2) is 5.82 Å². The minimum absolute atomic E-state index is 0.143. The predicted molar refractivity (Wildman–Crippen MR) is 61.6 cm³/mol. The van der Waals surface area contributed by atoms with Gasteiger partial charge in [-0.05, 0) is 6.92 Å². The van der Waals surface area contributed by atoms with E-state index >= 15 is 0 Å². The van der Waals surface area contributed by atoms with E-state index < -0.39 is 12.6 Å². The van der Waals surface area contributed by atoms with Crippen molar-refractivity contribution in [3.05, 3.63) is 6.33 Å². The Morgan fingerprint density at radius 3 is 2.61 bits per heavy atom. The summed E-state index contributed by atoms with van der Waals surface area (Å²) >= 11 is 0. The minimum atomic E-state index is -4.21. The van der Waals surface area contributed by atoms with Gasteiger partial charge in [0.1, 0.15) is 12.0 Å². The lowest BCUT2D eigenvalue weighted by molar-refractivity contribution is -0.132. The quantitative estimate of drug-likeness (QED) is 0.879. The summed E-state index contributed by atoms with van der Waals surface area (Å²) < 4.78 is 41.5. The number of halogens is 3. The molecular weight excluding hydrogens is 249 g/mol. The molecule has 0 aliphatic carbocycles. The zero-order valence-corrected chi connectivity index (χ0v) is 10.2. The molecular formula is C10H15F3N4O. The number of nitrogens with zero attached hydrogens (tertiary/aromatic N) is 3. The predicted octanol–water partition coefficient (Wildman–Crippen LogP) is 1.85. The van der Waals surface area contributed by atoms with Crippen LogP contribution < -0.4 is 15.4 Å². The fraction of sp³-hybridized carbons (Fsp3) is 0.600. The van der Waals surface area contributed by atoms with E-state index in [2.05, 4.69) is 9.97 Å². The lowest BCUT2D eigenvalue weighted by Gasteiger charge is -2.21. The molecule has 1 rings (SSSR count). The van der Waals surface area contributed by atoms with Crippen molar-refractivity contribution >= 4 is 11.5 Å². The first kappa shape index (κ1) is 14.3. The number of nitrogen functional groups attached to an aromatic ring is 1. The van der Waals surface area contributed by atoms with Gasteiger partial charge in [0.2, 0.25) is 5.88 Å². The molecule has 0 saturated carbocycles. The second-order valence-corrected chi connectivity index (χ2v) is 3.64. The third kappa shape index (κ3) is 3.94. The SMILES string of the molecule is CCOc1ncnc(N(C)CCC(F)(F)F)c1N. The van der Waals surface area contributed by atoms with Gasteiger partial charge in [0, 0.05) is 13.6 Å². The highest BCUT2D eigenvalue weighted by Crippen LogP contribution is 2.28. The zero-order valence-electron chi connectivity index (χ0n) is 10.2. The van der Waals surface area contributed by atoms with E-state index in [9.17, 15) is 13.2 Å². The van der Waals surface area contributed by atoms with Crippen molar-refractivity contribution in [1.82, 2.24) is 9.97 Å². The van der Waals surface area contributed by atoms with E-state index in [1.807, 2.05) is 0 Å². The van der Waals surface area contributed by atoms with Gasteiger partial charge in [-0.25, -0.2) is 4.98 Å². The smallest absolute Gasteiger partial charge is 0.390 e. The van der Waals surface area contributed by atoms with Crippen molar-refractivity contribution in [2.75, 3.05) is 30.8 Å². The first-order valence-electron chi connectivity index (χ1n) is 5.36. The molecule has 5 nitrogen and oxygen atoms in total. The topological polar surface area (TPSA) is 64.3 Å². The Kier molecular flexibility index (Phi) is 4.57. The highest BCUT2D eigenvalue weighted by molar-refractivity contribution is 5.67. The van der Waals surface area contributed by atoms with Crippen molar-refractivity contribution < 1.29 is 17.9 Å². The van der Waals surface area contributed by atoms with E-state index in [4.69, 9.17) is 10.5 Å². The van der Waals surface area contributed by atoms with Crippen LogP contribution in [0.3, 0.4) is 0 Å². The van der Waals surface area contributed by atoms with Crippen molar-refractivity contribution in [2.24, 2.45) is 0 Å². The number of alkyl halides is 3. The number of anilines is 2. The van der Waals surface area contributed by atoms with E-state index in [-0.39, 0.29) is 23.9 Å². The Morgan fingerprint density at radius 1 is 1.39 bits per heavy atom. The van der Waals surface area contributed by atoms with Gasteiger partial charge in [-0.2, -0.15) is 18.2 Å². The Labute approximate surface area is 103 Å². The van der Waals surface area contributed by atoms with Gasteiger partial charge in [-0.3, -0.25) is 0 Å². The molecule has 0 bridgehead atoms. The number of aromatic nitrogens is 2. The second kappa shape index (κ2) is 5.74. The molecule has 1 heterocycles. The molecule has 0 spiro atoms. The minimum Gasteiger partial charge on any atom is -0.476 e. The van der Waals surface area contributed by atoms with Gasteiger partial charge in [-0.1, -0.05) is 0 Å². The third-order valence-corrected chi connectivity index (χ3v) is 2.20. The van der Waals surface area contributed by atoms with Gasteiger partial charge in [0.05, 0.1) is 13.0 Å². The third-order valence-electron chi connectivity index (χ3n) is 2.20. The Hall–Kier alpha value is -1.73. The number of rotatable bonds is 5. The maximum atomic E-state index is 12.1. The van der Waals surface area contributed by atoms with E-state index in [0.717, 1.165) is 0 Å². The number of hydrogen-bond donors (Lipinski definition) is 1. The van der Waals surface area contributed by atoms with E-state index in [1.165, 1.54) is 18.3 Å². The Bertz CT molecular complexity index is 397. The first-order valence-corrected chi connectivity index (χ1v) is 5.36. The van der Waals surface area contributed by atoms with Gasteiger partial charge in [-0.15, -0.1) is 0 Å². The van der Waals surface area contributed by atoms with Crippen LogP contribution in [0.2, 0.25) is 0 Å². The zero-order chi connectivity index (χ0) is 13.8. The molecule has 0 fully saturated rings. The average molecular weight is 264 g/mol. The van der Waals surface area contributed by atoms with Crippen LogP contribution in [0.5, 0.6) is 5.88 Å². The van der Waals surface area contributed by atoms with Crippen molar-refractivity contribution in [3.8, 4) is 5.88 Å². The highest BCUT2D eigenvalue weighted by atomic mass is 19.4. The average Bonchev–Trinajstić information content (AvgIpc) is 2.28. The molecule has 0 unspecified atom stereocenters. The van der Waals surface area contributed by atoms with Crippen molar-refractivity contribution in [1.29, 1.82) is 0 Å². The normalized spacial score (nSPS) is 11.4. The molecule has 1 aromatic heterocycles. The number of ether oxygens (including phenoxy) is 1. The lowest BCUT2D eigenvalue weighted by Crippen LogP contribution is -2.25. The molecule has 102 valence electrons. The van der Waals surface area contributed by atoms with Gasteiger partial charge in [0.25, 0.3) is 0 Å². The molecule has 1 aromatic rings. The standard InChI is InChI=1S/C10H15F3N4O/c1-3-18-9-7(14)8(15-6-16-9)17(2)5-4-10(11,12)13/h6H,3-5,14H2,1-2H3. The highest BCUT2D eigenvalue weighted by Gasteiger charge is 2.28. The van der Waals surface area contributed by atoms with E-state index in [0.29, 0.717) is 6.61 Å². The Morgan fingerprint density at radius 2 is 2.06 bits per heavy atom. The van der Waals surface area contributed by atoms with Crippen LogP contribution in [-0.4, -0.2) is 36.3 Å². The monoisotopic (exact) mass is 264 g/mol. The summed E-state index contributed by atoms with van der Waals surface area (Å²) in [5, 5.41) is 0. The Balaban J connectivity index is 2.79.